The van der Waals surface area contributed by atoms with Crippen molar-refractivity contribution in [2.24, 2.45) is 0 Å². The molecule has 154 valence electrons. The van der Waals surface area contributed by atoms with E-state index in [1.165, 1.54) is 0 Å². The maximum absolute atomic E-state index is 12.6. The number of anilines is 1. The zero-order valence-electron chi connectivity index (χ0n) is 16.2. The number of hydrogen-bond acceptors (Lipinski definition) is 6. The molecule has 1 amide bonds. The van der Waals surface area contributed by atoms with E-state index in [2.05, 4.69) is 33.1 Å². The second-order valence-electron chi connectivity index (χ2n) is 7.52. The van der Waals surface area contributed by atoms with Gasteiger partial charge in [-0.25, -0.2) is 9.61 Å². The predicted molar refractivity (Wildman–Crippen MR) is 118 cm³/mol. The Hall–Kier alpha value is -3.19. The molecule has 1 aliphatic carbocycles. The lowest BCUT2D eigenvalue weighted by atomic mass is 9.91. The van der Waals surface area contributed by atoms with Gasteiger partial charge in [-0.05, 0) is 72.4 Å². The quantitative estimate of drug-likeness (QED) is 0.507. The zero-order valence-corrected chi connectivity index (χ0v) is 17.1. The van der Waals surface area contributed by atoms with Gasteiger partial charge in [0, 0.05) is 23.0 Å². The Morgan fingerprint density at radius 1 is 0.867 bits per heavy atom. The Labute approximate surface area is 179 Å². The van der Waals surface area contributed by atoms with Gasteiger partial charge in [0.1, 0.15) is 16.9 Å². The number of para-hydroxylation sites is 1. The number of fused-ring (bicyclic) bond motifs is 2. The molecule has 1 aliphatic rings. The topological polar surface area (TPSA) is 92.9 Å². The van der Waals surface area contributed by atoms with Crippen LogP contribution in [0.1, 0.15) is 36.0 Å². The Bertz CT molecular complexity index is 1170. The number of benzene rings is 2. The van der Waals surface area contributed by atoms with E-state index in [0.29, 0.717) is 22.6 Å². The number of nitrogens with one attached hydrogen (secondary N) is 2. The molecule has 0 radical (unpaired) electrons. The molecule has 7 nitrogen and oxygen atoms in total. The van der Waals surface area contributed by atoms with Crippen molar-refractivity contribution in [2.75, 3.05) is 5.32 Å². The van der Waals surface area contributed by atoms with Crippen LogP contribution in [0.4, 0.5) is 5.82 Å². The fourth-order valence-electron chi connectivity index (χ4n) is 3.93. The molecule has 0 bridgehead atoms. The number of carbonyl (C=O) groups is 1. The van der Waals surface area contributed by atoms with Crippen LogP contribution in [0.25, 0.3) is 21.9 Å². The van der Waals surface area contributed by atoms with Gasteiger partial charge in [0.2, 0.25) is 0 Å². The van der Waals surface area contributed by atoms with Crippen molar-refractivity contribution in [3.05, 3.63) is 60.2 Å². The fourth-order valence-corrected chi connectivity index (χ4v) is 3.93. The first-order chi connectivity index (χ1) is 14.2. The maximum atomic E-state index is 12.6. The van der Waals surface area contributed by atoms with E-state index in [1.54, 1.807) is 18.2 Å². The number of carbonyl (C=O) groups excluding carboxylic acids is 1. The Kier molecular flexibility index (Phi) is 5.81. The molecule has 4 aromatic rings. The molecular formula is C22H22ClN5O2. The molecule has 2 aromatic carbocycles. The monoisotopic (exact) mass is 423 g/mol. The Balaban J connectivity index is 0.00000218. The number of pyridine rings is 1. The predicted octanol–water partition coefficient (Wildman–Crippen LogP) is 4.35. The summed E-state index contributed by atoms with van der Waals surface area (Å²) < 4.78 is 4.69. The Morgan fingerprint density at radius 3 is 2.50 bits per heavy atom. The molecule has 2 N–H and O–H groups in total. The lowest BCUT2D eigenvalue weighted by molar-refractivity contribution is 0.0926. The lowest BCUT2D eigenvalue weighted by Gasteiger charge is -2.30. The summed E-state index contributed by atoms with van der Waals surface area (Å²) in [6, 6.07) is 18.0. The molecule has 0 atom stereocenters. The van der Waals surface area contributed by atoms with E-state index < -0.39 is 0 Å². The van der Waals surface area contributed by atoms with Gasteiger partial charge in [0.25, 0.3) is 5.91 Å². The molecule has 2 heterocycles. The van der Waals surface area contributed by atoms with E-state index in [0.717, 1.165) is 42.4 Å². The molecule has 1 fully saturated rings. The summed E-state index contributed by atoms with van der Waals surface area (Å²) in [7, 11) is 0. The molecule has 0 saturated heterocycles. The molecule has 30 heavy (non-hydrogen) atoms. The molecule has 0 aliphatic heterocycles. The van der Waals surface area contributed by atoms with Gasteiger partial charge in [-0.15, -0.1) is 12.4 Å². The first-order valence-electron chi connectivity index (χ1n) is 9.90. The number of halogens is 1. The minimum absolute atomic E-state index is 0. The summed E-state index contributed by atoms with van der Waals surface area (Å²) in [5.74, 6) is 0.827. The smallest absolute Gasteiger partial charge is 0.251 e. The number of amides is 1. The van der Waals surface area contributed by atoms with Gasteiger partial charge in [-0.2, -0.15) is 0 Å². The third-order valence-corrected chi connectivity index (χ3v) is 5.53. The van der Waals surface area contributed by atoms with Crippen LogP contribution in [-0.2, 0) is 0 Å². The number of hydrogen-bond donors (Lipinski definition) is 2. The van der Waals surface area contributed by atoms with Crippen LogP contribution in [0.5, 0.6) is 0 Å². The second kappa shape index (κ2) is 8.67. The highest BCUT2D eigenvalue weighted by molar-refractivity contribution is 5.97. The summed E-state index contributed by atoms with van der Waals surface area (Å²) in [5, 5.41) is 15.4. The van der Waals surface area contributed by atoms with Crippen LogP contribution < -0.4 is 10.6 Å². The van der Waals surface area contributed by atoms with E-state index >= 15 is 0 Å². The van der Waals surface area contributed by atoms with Gasteiger partial charge in [0.05, 0.1) is 5.52 Å². The minimum Gasteiger partial charge on any atom is -0.367 e. The van der Waals surface area contributed by atoms with Crippen LogP contribution in [0.15, 0.2) is 59.2 Å². The van der Waals surface area contributed by atoms with Crippen molar-refractivity contribution >= 4 is 46.1 Å². The molecule has 8 heteroatoms. The summed E-state index contributed by atoms with van der Waals surface area (Å²) in [6.07, 6.45) is 3.85. The van der Waals surface area contributed by atoms with E-state index in [4.69, 9.17) is 9.61 Å². The van der Waals surface area contributed by atoms with Gasteiger partial charge in [-0.3, -0.25) is 4.79 Å². The van der Waals surface area contributed by atoms with Crippen LogP contribution in [0.3, 0.4) is 0 Å². The number of rotatable bonds is 4. The third-order valence-electron chi connectivity index (χ3n) is 5.53. The molecule has 1 saturated carbocycles. The number of aromatic nitrogens is 3. The highest BCUT2D eigenvalue weighted by atomic mass is 35.5. The molecule has 5 rings (SSSR count). The van der Waals surface area contributed by atoms with Crippen molar-refractivity contribution in [1.82, 2.24) is 20.6 Å². The first-order valence-corrected chi connectivity index (χ1v) is 9.90. The minimum atomic E-state index is -0.0810. The molecule has 2 aromatic heterocycles. The van der Waals surface area contributed by atoms with Gasteiger partial charge in [0.15, 0.2) is 0 Å². The van der Waals surface area contributed by atoms with Gasteiger partial charge in [-0.1, -0.05) is 18.2 Å². The average Bonchev–Trinajstić information content (AvgIpc) is 3.23. The normalized spacial score (nSPS) is 18.7. The summed E-state index contributed by atoms with van der Waals surface area (Å²) in [6.45, 7) is 0. The van der Waals surface area contributed by atoms with Gasteiger partial charge >= 0.3 is 0 Å². The summed E-state index contributed by atoms with van der Waals surface area (Å²) in [5.41, 5.74) is 2.82. The summed E-state index contributed by atoms with van der Waals surface area (Å²) >= 11 is 0. The Morgan fingerprint density at radius 2 is 1.63 bits per heavy atom. The molecular weight excluding hydrogens is 402 g/mol. The van der Waals surface area contributed by atoms with Crippen LogP contribution in [0, 0.1) is 0 Å². The number of nitrogens with zero attached hydrogens (tertiary/aromatic N) is 3. The van der Waals surface area contributed by atoms with E-state index in [9.17, 15) is 4.79 Å². The maximum Gasteiger partial charge on any atom is 0.251 e. The highest BCUT2D eigenvalue weighted by Gasteiger charge is 2.23. The summed E-state index contributed by atoms with van der Waals surface area (Å²) in [4.78, 5) is 17.3. The van der Waals surface area contributed by atoms with Crippen molar-refractivity contribution in [1.29, 1.82) is 0 Å². The van der Waals surface area contributed by atoms with E-state index in [1.807, 2.05) is 24.3 Å². The first kappa shape index (κ1) is 20.1. The van der Waals surface area contributed by atoms with Crippen LogP contribution in [-0.4, -0.2) is 33.3 Å². The third kappa shape index (κ3) is 4.21. The largest absolute Gasteiger partial charge is 0.367 e. The van der Waals surface area contributed by atoms with Gasteiger partial charge < -0.3 is 10.6 Å². The standard InChI is InChI=1S/C22H21N5O2.ClH/c28-22(15-5-11-19-20(13-15)27-29-26-19)24-17-9-7-16(8-10-17)23-21-12-6-14-3-1-2-4-18(14)25-21;/h1-6,11-13,16-17H,7-10H2,(H,23,25)(H,24,28);1H/t16-,17+;. The lowest BCUT2D eigenvalue weighted by Crippen LogP contribution is -2.40. The van der Waals surface area contributed by atoms with Crippen LogP contribution >= 0.6 is 12.4 Å². The second-order valence-corrected chi connectivity index (χ2v) is 7.52. The zero-order chi connectivity index (χ0) is 19.6. The molecule has 0 spiro atoms. The van der Waals surface area contributed by atoms with Crippen molar-refractivity contribution < 1.29 is 9.42 Å². The highest BCUT2D eigenvalue weighted by Crippen LogP contribution is 2.23. The van der Waals surface area contributed by atoms with Crippen molar-refractivity contribution in [3.63, 3.8) is 0 Å². The fraction of sp³-hybridized carbons (Fsp3) is 0.273. The van der Waals surface area contributed by atoms with Crippen molar-refractivity contribution in [2.45, 2.75) is 37.8 Å². The molecule has 0 unspecified atom stereocenters. The average molecular weight is 424 g/mol. The van der Waals surface area contributed by atoms with Crippen molar-refractivity contribution in [3.8, 4) is 0 Å². The van der Waals surface area contributed by atoms with Crippen LogP contribution in [0.2, 0.25) is 0 Å². The van der Waals surface area contributed by atoms with E-state index in [-0.39, 0.29) is 24.4 Å². The SMILES string of the molecule is Cl.O=C(N[C@H]1CC[C@@H](Nc2ccc3ccccc3n2)CC1)c1ccc2nonc2c1.